The van der Waals surface area contributed by atoms with Gasteiger partial charge in [0.25, 0.3) is 5.91 Å². The molecule has 2 aromatic carbocycles. The molecule has 0 fully saturated rings. The number of carbonyl (C=O) groups excluding carboxylic acids is 2. The molecule has 0 bridgehead atoms. The summed E-state index contributed by atoms with van der Waals surface area (Å²) in [5, 5.41) is 8.42. The highest BCUT2D eigenvalue weighted by molar-refractivity contribution is 6.30. The third kappa shape index (κ3) is 4.88. The van der Waals surface area contributed by atoms with Crippen molar-refractivity contribution in [1.82, 2.24) is 20.1 Å². The summed E-state index contributed by atoms with van der Waals surface area (Å²) < 4.78 is 7.17. The Kier molecular flexibility index (Phi) is 6.42. The monoisotopic (exact) mass is 462 g/mol. The Labute approximate surface area is 196 Å². The average molecular weight is 463 g/mol. The van der Waals surface area contributed by atoms with Gasteiger partial charge in [-0.05, 0) is 37.6 Å². The van der Waals surface area contributed by atoms with Crippen LogP contribution in [0, 0.1) is 6.92 Å². The first-order valence-corrected chi connectivity index (χ1v) is 10.8. The van der Waals surface area contributed by atoms with Crippen LogP contribution in [0.5, 0.6) is 0 Å². The van der Waals surface area contributed by atoms with E-state index in [0.29, 0.717) is 39.6 Å². The molecule has 168 valence electrons. The van der Waals surface area contributed by atoms with Gasteiger partial charge in [-0.2, -0.15) is 5.10 Å². The van der Waals surface area contributed by atoms with Gasteiger partial charge in [0.2, 0.25) is 0 Å². The summed E-state index contributed by atoms with van der Waals surface area (Å²) in [6.45, 7) is 3.66. The van der Waals surface area contributed by atoms with Crippen LogP contribution in [0.15, 0.2) is 60.7 Å². The van der Waals surface area contributed by atoms with Gasteiger partial charge >= 0.3 is 5.97 Å². The van der Waals surface area contributed by atoms with Crippen LogP contribution in [0.1, 0.15) is 28.5 Å². The van der Waals surface area contributed by atoms with Gasteiger partial charge in [0, 0.05) is 24.2 Å². The number of halogens is 1. The smallest absolute Gasteiger partial charge is 0.339 e. The van der Waals surface area contributed by atoms with E-state index < -0.39 is 18.0 Å². The number of pyridine rings is 1. The number of benzene rings is 2. The maximum absolute atomic E-state index is 13.1. The normalized spacial score (nSPS) is 11.9. The molecule has 0 radical (unpaired) electrons. The highest BCUT2D eigenvalue weighted by atomic mass is 35.5. The summed E-state index contributed by atoms with van der Waals surface area (Å²) in [5.41, 5.74) is 3.92. The Bertz CT molecular complexity index is 1320. The zero-order valence-electron chi connectivity index (χ0n) is 18.5. The maximum Gasteiger partial charge on any atom is 0.339 e. The Morgan fingerprint density at radius 2 is 1.82 bits per heavy atom. The van der Waals surface area contributed by atoms with E-state index in [-0.39, 0.29) is 0 Å². The number of amides is 1. The second-order valence-corrected chi connectivity index (χ2v) is 8.16. The van der Waals surface area contributed by atoms with E-state index in [1.54, 1.807) is 36.9 Å². The number of ether oxygens (including phenoxy) is 1. The summed E-state index contributed by atoms with van der Waals surface area (Å²) in [6.07, 6.45) is -0.981. The Morgan fingerprint density at radius 3 is 2.52 bits per heavy atom. The number of aryl methyl sites for hydroxylation is 2. The second kappa shape index (κ2) is 9.42. The van der Waals surface area contributed by atoms with E-state index in [1.807, 2.05) is 49.4 Å². The van der Waals surface area contributed by atoms with E-state index in [2.05, 4.69) is 10.4 Å². The molecule has 4 rings (SSSR count). The molecule has 1 N–H and O–H groups in total. The lowest BCUT2D eigenvalue weighted by Gasteiger charge is -2.15. The number of hydrogen-bond donors (Lipinski definition) is 1. The molecule has 0 aliphatic rings. The maximum atomic E-state index is 13.1. The molecule has 1 amide bonds. The van der Waals surface area contributed by atoms with Crippen molar-refractivity contribution < 1.29 is 14.3 Å². The molecule has 1 unspecified atom stereocenters. The van der Waals surface area contributed by atoms with Crippen molar-refractivity contribution in [1.29, 1.82) is 0 Å². The largest absolute Gasteiger partial charge is 0.449 e. The minimum atomic E-state index is -0.981. The number of aromatic nitrogens is 3. The number of hydrogen-bond acceptors (Lipinski definition) is 5. The Hall–Kier alpha value is -3.71. The van der Waals surface area contributed by atoms with Gasteiger partial charge in [-0.15, -0.1) is 0 Å². The van der Waals surface area contributed by atoms with Crippen molar-refractivity contribution in [3.8, 4) is 11.3 Å². The Morgan fingerprint density at radius 1 is 1.12 bits per heavy atom. The van der Waals surface area contributed by atoms with E-state index in [9.17, 15) is 9.59 Å². The van der Waals surface area contributed by atoms with Gasteiger partial charge < -0.3 is 10.1 Å². The third-order valence-electron chi connectivity index (χ3n) is 5.29. The first kappa shape index (κ1) is 22.5. The van der Waals surface area contributed by atoms with Crippen molar-refractivity contribution in [2.24, 2.45) is 7.05 Å². The number of esters is 1. The molecule has 33 heavy (non-hydrogen) atoms. The second-order valence-electron chi connectivity index (χ2n) is 7.72. The highest BCUT2D eigenvalue weighted by Gasteiger charge is 2.24. The zero-order chi connectivity index (χ0) is 23.5. The van der Waals surface area contributed by atoms with Crippen LogP contribution in [0.2, 0.25) is 5.02 Å². The van der Waals surface area contributed by atoms with Crippen molar-refractivity contribution in [2.45, 2.75) is 26.5 Å². The van der Waals surface area contributed by atoms with Gasteiger partial charge in [0.1, 0.15) is 0 Å². The first-order chi connectivity index (χ1) is 15.8. The fourth-order valence-corrected chi connectivity index (χ4v) is 3.70. The van der Waals surface area contributed by atoms with Crippen molar-refractivity contribution in [2.75, 3.05) is 0 Å². The summed E-state index contributed by atoms with van der Waals surface area (Å²) in [7, 11) is 1.78. The van der Waals surface area contributed by atoms with Crippen molar-refractivity contribution in [3.05, 3.63) is 82.5 Å². The summed E-state index contributed by atoms with van der Waals surface area (Å²) in [6, 6.07) is 18.4. The van der Waals surface area contributed by atoms with Gasteiger partial charge in [-0.1, -0.05) is 54.1 Å². The van der Waals surface area contributed by atoms with Crippen LogP contribution in [-0.2, 0) is 23.1 Å². The van der Waals surface area contributed by atoms with Crippen LogP contribution in [0.25, 0.3) is 22.3 Å². The number of carbonyl (C=O) groups is 2. The van der Waals surface area contributed by atoms with Gasteiger partial charge in [-0.3, -0.25) is 9.48 Å². The molecule has 8 heteroatoms. The van der Waals surface area contributed by atoms with Crippen LogP contribution in [0.3, 0.4) is 0 Å². The molecule has 0 aliphatic carbocycles. The molecule has 0 saturated heterocycles. The SMILES string of the molecule is Cc1nn(C)c2nc(-c3ccccc3)cc(C(=O)OC(C)C(=O)NCc3ccc(Cl)cc3)c12. The predicted octanol–water partition coefficient (Wildman–Crippen LogP) is 4.46. The van der Waals surface area contributed by atoms with Gasteiger partial charge in [0.15, 0.2) is 11.8 Å². The van der Waals surface area contributed by atoms with Crippen LogP contribution in [0.4, 0.5) is 0 Å². The number of fused-ring (bicyclic) bond motifs is 1. The fourth-order valence-electron chi connectivity index (χ4n) is 3.58. The molecule has 0 saturated carbocycles. The van der Waals surface area contributed by atoms with Crippen molar-refractivity contribution >= 4 is 34.5 Å². The van der Waals surface area contributed by atoms with Crippen LogP contribution >= 0.6 is 11.6 Å². The number of rotatable bonds is 6. The molecular weight excluding hydrogens is 440 g/mol. The summed E-state index contributed by atoms with van der Waals surface area (Å²) in [5.74, 6) is -1.00. The molecular formula is C25H23ClN4O3. The van der Waals surface area contributed by atoms with Crippen LogP contribution in [-0.4, -0.2) is 32.7 Å². The van der Waals surface area contributed by atoms with E-state index in [0.717, 1.165) is 11.1 Å². The van der Waals surface area contributed by atoms with E-state index in [4.69, 9.17) is 21.3 Å². The van der Waals surface area contributed by atoms with Crippen molar-refractivity contribution in [3.63, 3.8) is 0 Å². The number of nitrogens with one attached hydrogen (secondary N) is 1. The minimum absolute atomic E-state index is 0.303. The first-order valence-electron chi connectivity index (χ1n) is 10.5. The fraction of sp³-hybridized carbons (Fsp3) is 0.200. The molecule has 7 nitrogen and oxygen atoms in total. The quantitative estimate of drug-likeness (QED) is 0.427. The molecule has 0 aliphatic heterocycles. The average Bonchev–Trinajstić information content (AvgIpc) is 3.11. The topological polar surface area (TPSA) is 86.1 Å². The summed E-state index contributed by atoms with van der Waals surface area (Å²) >= 11 is 5.89. The molecule has 2 aromatic heterocycles. The van der Waals surface area contributed by atoms with E-state index >= 15 is 0 Å². The lowest BCUT2D eigenvalue weighted by atomic mass is 10.1. The minimum Gasteiger partial charge on any atom is -0.449 e. The molecule has 2 heterocycles. The third-order valence-corrected chi connectivity index (χ3v) is 5.54. The van der Waals surface area contributed by atoms with E-state index in [1.165, 1.54) is 0 Å². The molecule has 0 spiro atoms. The van der Waals surface area contributed by atoms with Gasteiger partial charge in [0.05, 0.1) is 22.3 Å². The number of nitrogens with zero attached hydrogens (tertiary/aromatic N) is 3. The standard InChI is InChI=1S/C25H23ClN4O3/c1-15-22-20(13-21(18-7-5-4-6-8-18)28-23(22)30(3)29-15)25(32)33-16(2)24(31)27-14-17-9-11-19(26)12-10-17/h4-13,16H,14H2,1-3H3,(H,27,31). The highest BCUT2D eigenvalue weighted by Crippen LogP contribution is 2.27. The zero-order valence-corrected chi connectivity index (χ0v) is 19.3. The predicted molar refractivity (Wildman–Crippen MR) is 127 cm³/mol. The molecule has 1 atom stereocenters. The Balaban J connectivity index is 1.56. The lowest BCUT2D eigenvalue weighted by molar-refractivity contribution is -0.129. The van der Waals surface area contributed by atoms with Crippen LogP contribution < -0.4 is 5.32 Å². The summed E-state index contributed by atoms with van der Waals surface area (Å²) in [4.78, 5) is 30.4. The van der Waals surface area contributed by atoms with Gasteiger partial charge in [-0.25, -0.2) is 9.78 Å². The molecule has 4 aromatic rings. The lowest BCUT2D eigenvalue weighted by Crippen LogP contribution is -2.35.